The van der Waals surface area contributed by atoms with Gasteiger partial charge in [0.05, 0.1) is 0 Å². The lowest BCUT2D eigenvalue weighted by Gasteiger charge is -2.15. The van der Waals surface area contributed by atoms with Crippen molar-refractivity contribution < 1.29 is 0 Å². The molecule has 17 heavy (non-hydrogen) atoms. The summed E-state index contributed by atoms with van der Waals surface area (Å²) in [6.45, 7) is 4.50. The smallest absolute Gasteiger partial charge is 0.0314 e. The molecule has 2 aromatic rings. The van der Waals surface area contributed by atoms with Crippen molar-refractivity contribution in [3.8, 4) is 11.1 Å². The van der Waals surface area contributed by atoms with Crippen LogP contribution in [-0.4, -0.2) is 0 Å². The van der Waals surface area contributed by atoms with Crippen LogP contribution >= 0.6 is 0 Å². The zero-order valence-corrected chi connectivity index (χ0v) is 10.5. The predicted octanol–water partition coefficient (Wildman–Crippen LogP) is 4.45. The molecule has 0 heterocycles. The molecule has 0 saturated carbocycles. The first-order valence-corrected chi connectivity index (χ1v) is 6.17. The van der Waals surface area contributed by atoms with E-state index in [-0.39, 0.29) is 0 Å². The summed E-state index contributed by atoms with van der Waals surface area (Å²) in [5.74, 6) is 0.587. The van der Waals surface area contributed by atoms with Gasteiger partial charge in [-0.15, -0.1) is 0 Å². The van der Waals surface area contributed by atoms with Gasteiger partial charge in [0.15, 0.2) is 0 Å². The number of hydrogen-bond donors (Lipinski definition) is 1. The van der Waals surface area contributed by atoms with Crippen molar-refractivity contribution in [3.63, 3.8) is 0 Å². The molecule has 0 spiro atoms. The van der Waals surface area contributed by atoms with E-state index in [0.717, 1.165) is 12.1 Å². The number of nitrogen functional groups attached to an aromatic ring is 1. The van der Waals surface area contributed by atoms with Crippen LogP contribution < -0.4 is 5.73 Å². The van der Waals surface area contributed by atoms with Crippen molar-refractivity contribution in [2.45, 2.75) is 26.2 Å². The Kier molecular flexibility index (Phi) is 3.48. The second-order valence-corrected chi connectivity index (χ2v) is 4.52. The molecule has 88 valence electrons. The third-order valence-corrected chi connectivity index (χ3v) is 3.33. The first-order valence-electron chi connectivity index (χ1n) is 6.17. The molecule has 0 aliphatic carbocycles. The van der Waals surface area contributed by atoms with Crippen LogP contribution in [0.15, 0.2) is 48.5 Å². The van der Waals surface area contributed by atoms with Gasteiger partial charge in [0.2, 0.25) is 0 Å². The van der Waals surface area contributed by atoms with Crippen LogP contribution in [0.1, 0.15) is 31.7 Å². The van der Waals surface area contributed by atoms with Crippen LogP contribution in [0.4, 0.5) is 5.69 Å². The second-order valence-electron chi connectivity index (χ2n) is 4.52. The van der Waals surface area contributed by atoms with E-state index in [0.29, 0.717) is 5.92 Å². The van der Waals surface area contributed by atoms with E-state index in [1.807, 2.05) is 12.1 Å². The Hall–Kier alpha value is -1.76. The summed E-state index contributed by atoms with van der Waals surface area (Å²) in [5.41, 5.74) is 10.5. The van der Waals surface area contributed by atoms with Gasteiger partial charge in [-0.1, -0.05) is 50.2 Å². The number of hydrogen-bond acceptors (Lipinski definition) is 1. The van der Waals surface area contributed by atoms with E-state index in [1.54, 1.807) is 0 Å². The molecule has 1 nitrogen and oxygen atoms in total. The van der Waals surface area contributed by atoms with Gasteiger partial charge in [-0.05, 0) is 41.2 Å². The first kappa shape index (κ1) is 11.7. The molecule has 0 aromatic heterocycles. The highest BCUT2D eigenvalue weighted by Crippen LogP contribution is 2.30. The maximum Gasteiger partial charge on any atom is 0.0314 e. The van der Waals surface area contributed by atoms with E-state index in [1.165, 1.54) is 16.7 Å². The minimum atomic E-state index is 0.587. The largest absolute Gasteiger partial charge is 0.399 e. The van der Waals surface area contributed by atoms with Crippen molar-refractivity contribution >= 4 is 5.69 Å². The number of anilines is 1. The van der Waals surface area contributed by atoms with Crippen molar-refractivity contribution in [2.24, 2.45) is 0 Å². The standard InChI is InChI=1S/C16H19N/c1-3-12(2)15-6-4-5-7-16(15)13-8-10-14(17)11-9-13/h4-12H,3,17H2,1-2H3. The van der Waals surface area contributed by atoms with Gasteiger partial charge in [-0.25, -0.2) is 0 Å². The predicted molar refractivity (Wildman–Crippen MR) is 75.0 cm³/mol. The zero-order chi connectivity index (χ0) is 12.3. The minimum Gasteiger partial charge on any atom is -0.399 e. The maximum atomic E-state index is 5.73. The molecule has 2 aromatic carbocycles. The highest BCUT2D eigenvalue weighted by molar-refractivity contribution is 5.69. The molecule has 0 aliphatic rings. The highest BCUT2D eigenvalue weighted by atomic mass is 14.5. The fourth-order valence-electron chi connectivity index (χ4n) is 2.07. The summed E-state index contributed by atoms with van der Waals surface area (Å²) < 4.78 is 0. The summed E-state index contributed by atoms with van der Waals surface area (Å²) in [6, 6.07) is 16.7. The topological polar surface area (TPSA) is 26.0 Å². The molecule has 0 amide bonds. The third-order valence-electron chi connectivity index (χ3n) is 3.33. The Labute approximate surface area is 103 Å². The van der Waals surface area contributed by atoms with Crippen LogP contribution in [0.5, 0.6) is 0 Å². The molecule has 0 saturated heterocycles. The normalized spacial score (nSPS) is 12.4. The van der Waals surface area contributed by atoms with Crippen molar-refractivity contribution in [3.05, 3.63) is 54.1 Å². The van der Waals surface area contributed by atoms with Gasteiger partial charge in [0, 0.05) is 5.69 Å². The molecule has 1 unspecified atom stereocenters. The van der Waals surface area contributed by atoms with Crippen LogP contribution in [-0.2, 0) is 0 Å². The molecule has 1 atom stereocenters. The lowest BCUT2D eigenvalue weighted by molar-refractivity contribution is 0.735. The molecule has 2 rings (SSSR count). The molecule has 0 aliphatic heterocycles. The lowest BCUT2D eigenvalue weighted by Crippen LogP contribution is -1.95. The minimum absolute atomic E-state index is 0.587. The van der Waals surface area contributed by atoms with Crippen molar-refractivity contribution in [2.75, 3.05) is 5.73 Å². The van der Waals surface area contributed by atoms with Gasteiger partial charge in [0.25, 0.3) is 0 Å². The maximum absolute atomic E-state index is 5.73. The summed E-state index contributed by atoms with van der Waals surface area (Å²) in [5, 5.41) is 0. The number of benzene rings is 2. The summed E-state index contributed by atoms with van der Waals surface area (Å²) >= 11 is 0. The van der Waals surface area contributed by atoms with Gasteiger partial charge in [-0.3, -0.25) is 0 Å². The first-order chi connectivity index (χ1) is 8.22. The molecule has 0 radical (unpaired) electrons. The van der Waals surface area contributed by atoms with Crippen LogP contribution in [0.2, 0.25) is 0 Å². The summed E-state index contributed by atoms with van der Waals surface area (Å²) in [4.78, 5) is 0. The average molecular weight is 225 g/mol. The van der Waals surface area contributed by atoms with Crippen LogP contribution in [0, 0.1) is 0 Å². The quantitative estimate of drug-likeness (QED) is 0.767. The van der Waals surface area contributed by atoms with Crippen molar-refractivity contribution in [1.29, 1.82) is 0 Å². The van der Waals surface area contributed by atoms with Gasteiger partial charge in [-0.2, -0.15) is 0 Å². The third kappa shape index (κ3) is 2.50. The van der Waals surface area contributed by atoms with Gasteiger partial charge >= 0.3 is 0 Å². The highest BCUT2D eigenvalue weighted by Gasteiger charge is 2.09. The fraction of sp³-hybridized carbons (Fsp3) is 0.250. The fourth-order valence-corrected chi connectivity index (χ4v) is 2.07. The Morgan fingerprint density at radius 3 is 2.29 bits per heavy atom. The Balaban J connectivity index is 2.48. The van der Waals surface area contributed by atoms with Crippen molar-refractivity contribution in [1.82, 2.24) is 0 Å². The number of rotatable bonds is 3. The molecule has 2 N–H and O–H groups in total. The average Bonchev–Trinajstić information content (AvgIpc) is 2.39. The molecule has 0 fully saturated rings. The van der Waals surface area contributed by atoms with E-state index in [9.17, 15) is 0 Å². The van der Waals surface area contributed by atoms with Crippen LogP contribution in [0.25, 0.3) is 11.1 Å². The van der Waals surface area contributed by atoms with Crippen LogP contribution in [0.3, 0.4) is 0 Å². The molecule has 1 heteroatoms. The SMILES string of the molecule is CCC(C)c1ccccc1-c1ccc(N)cc1. The summed E-state index contributed by atoms with van der Waals surface area (Å²) in [6.07, 6.45) is 1.16. The summed E-state index contributed by atoms with van der Waals surface area (Å²) in [7, 11) is 0. The van der Waals surface area contributed by atoms with E-state index in [2.05, 4.69) is 50.2 Å². The number of nitrogens with two attached hydrogens (primary N) is 1. The van der Waals surface area contributed by atoms with Gasteiger partial charge in [0.1, 0.15) is 0 Å². The lowest BCUT2D eigenvalue weighted by atomic mass is 9.90. The molecule has 0 bridgehead atoms. The zero-order valence-electron chi connectivity index (χ0n) is 10.5. The van der Waals surface area contributed by atoms with E-state index >= 15 is 0 Å². The molecular weight excluding hydrogens is 206 g/mol. The van der Waals surface area contributed by atoms with E-state index < -0.39 is 0 Å². The second kappa shape index (κ2) is 5.05. The van der Waals surface area contributed by atoms with Gasteiger partial charge < -0.3 is 5.73 Å². The monoisotopic (exact) mass is 225 g/mol. The van der Waals surface area contributed by atoms with E-state index in [4.69, 9.17) is 5.73 Å². The Morgan fingerprint density at radius 1 is 1.00 bits per heavy atom. The Morgan fingerprint density at radius 2 is 1.65 bits per heavy atom. The molecular formula is C16H19N. The Bertz CT molecular complexity index is 485.